The Hall–Kier alpha value is -1.19. The van der Waals surface area contributed by atoms with Gasteiger partial charge < -0.3 is 5.32 Å². The smallest absolute Gasteiger partial charge is 0.124 e. The van der Waals surface area contributed by atoms with Crippen molar-refractivity contribution in [1.29, 1.82) is 0 Å². The molecule has 1 aliphatic rings. The highest BCUT2D eigenvalue weighted by atomic mass is 79.9. The van der Waals surface area contributed by atoms with Gasteiger partial charge in [0.15, 0.2) is 0 Å². The van der Waals surface area contributed by atoms with Crippen LogP contribution in [0.25, 0.3) is 0 Å². The second kappa shape index (κ2) is 5.90. The van der Waals surface area contributed by atoms with Gasteiger partial charge in [0.1, 0.15) is 5.82 Å². The molecular weight excluding hydrogens is 329 g/mol. The van der Waals surface area contributed by atoms with Crippen LogP contribution in [0.15, 0.2) is 53.0 Å². The van der Waals surface area contributed by atoms with E-state index in [1.165, 1.54) is 24.5 Å². The van der Waals surface area contributed by atoms with E-state index in [1.807, 2.05) is 13.1 Å². The van der Waals surface area contributed by atoms with Crippen molar-refractivity contribution in [2.75, 3.05) is 7.05 Å². The normalized spacial score (nSPS) is 17.5. The molecule has 1 unspecified atom stereocenters. The molecule has 3 heteroatoms. The van der Waals surface area contributed by atoms with Crippen LogP contribution < -0.4 is 5.32 Å². The number of nitrogens with one attached hydrogen (secondary N) is 1. The zero-order valence-electron chi connectivity index (χ0n) is 12.1. The van der Waals surface area contributed by atoms with Crippen LogP contribution >= 0.6 is 15.9 Å². The predicted molar refractivity (Wildman–Crippen MR) is 88.0 cm³/mol. The van der Waals surface area contributed by atoms with Crippen LogP contribution in [0.1, 0.15) is 24.0 Å². The Balaban J connectivity index is 1.86. The van der Waals surface area contributed by atoms with Gasteiger partial charge in [0.2, 0.25) is 0 Å². The van der Waals surface area contributed by atoms with E-state index < -0.39 is 0 Å². The summed E-state index contributed by atoms with van der Waals surface area (Å²) in [5.41, 5.74) is 2.78. The summed E-state index contributed by atoms with van der Waals surface area (Å²) in [5.74, 6) is -0.198. The maximum atomic E-state index is 13.2. The second-order valence-corrected chi connectivity index (χ2v) is 6.66. The Kier molecular flexibility index (Phi) is 4.14. The number of rotatable bonds is 5. The first-order chi connectivity index (χ1) is 10.2. The molecular formula is C18H19BrFN. The van der Waals surface area contributed by atoms with Crippen LogP contribution in [0.2, 0.25) is 0 Å². The summed E-state index contributed by atoms with van der Waals surface area (Å²) in [4.78, 5) is 0. The van der Waals surface area contributed by atoms with E-state index in [0.29, 0.717) is 6.04 Å². The lowest BCUT2D eigenvalue weighted by Gasteiger charge is -2.28. The molecule has 0 saturated heterocycles. The molecule has 2 aromatic rings. The molecule has 1 N–H and O–H groups in total. The average molecular weight is 348 g/mol. The summed E-state index contributed by atoms with van der Waals surface area (Å²) < 4.78 is 14.1. The lowest BCUT2D eigenvalue weighted by molar-refractivity contribution is 0.442. The van der Waals surface area contributed by atoms with E-state index in [0.717, 1.165) is 16.5 Å². The van der Waals surface area contributed by atoms with Crippen LogP contribution in [0.3, 0.4) is 0 Å². The molecule has 110 valence electrons. The molecule has 0 amide bonds. The van der Waals surface area contributed by atoms with E-state index in [2.05, 4.69) is 51.6 Å². The van der Waals surface area contributed by atoms with Gasteiger partial charge in [-0.15, -0.1) is 0 Å². The van der Waals surface area contributed by atoms with E-state index in [9.17, 15) is 4.39 Å². The maximum absolute atomic E-state index is 13.2. The van der Waals surface area contributed by atoms with E-state index >= 15 is 0 Å². The van der Waals surface area contributed by atoms with Gasteiger partial charge in [-0.05, 0) is 49.6 Å². The number of likely N-dealkylation sites (N-methyl/N-ethyl adjacent to an activating group) is 1. The number of hydrogen-bond acceptors (Lipinski definition) is 1. The lowest BCUT2D eigenvalue weighted by atomic mass is 9.84. The molecule has 3 rings (SSSR count). The number of hydrogen-bond donors (Lipinski definition) is 1. The van der Waals surface area contributed by atoms with Crippen LogP contribution in [-0.2, 0) is 11.8 Å². The summed E-state index contributed by atoms with van der Waals surface area (Å²) in [7, 11) is 2.02. The van der Waals surface area contributed by atoms with E-state index in [-0.39, 0.29) is 11.2 Å². The molecule has 1 fully saturated rings. The highest BCUT2D eigenvalue weighted by molar-refractivity contribution is 9.10. The summed E-state index contributed by atoms with van der Waals surface area (Å²) in [6.45, 7) is 0. The van der Waals surface area contributed by atoms with Crippen molar-refractivity contribution in [3.05, 3.63) is 69.9 Å². The van der Waals surface area contributed by atoms with Crippen molar-refractivity contribution in [3.63, 3.8) is 0 Å². The summed E-state index contributed by atoms with van der Waals surface area (Å²) in [5, 5.41) is 3.48. The van der Waals surface area contributed by atoms with Gasteiger partial charge in [-0.3, -0.25) is 0 Å². The van der Waals surface area contributed by atoms with Crippen LogP contribution in [-0.4, -0.2) is 13.1 Å². The monoisotopic (exact) mass is 347 g/mol. The van der Waals surface area contributed by atoms with Crippen molar-refractivity contribution < 1.29 is 4.39 Å². The zero-order chi connectivity index (χ0) is 14.9. The first-order valence-electron chi connectivity index (χ1n) is 7.32. The lowest BCUT2D eigenvalue weighted by Crippen LogP contribution is -2.39. The van der Waals surface area contributed by atoms with Gasteiger partial charge in [-0.25, -0.2) is 4.39 Å². The summed E-state index contributed by atoms with van der Waals surface area (Å²) in [6.07, 6.45) is 3.31. The molecule has 2 aromatic carbocycles. The summed E-state index contributed by atoms with van der Waals surface area (Å²) >= 11 is 3.48. The third kappa shape index (κ3) is 2.90. The Morgan fingerprint density at radius 1 is 1.19 bits per heavy atom. The van der Waals surface area contributed by atoms with Gasteiger partial charge in [0.05, 0.1) is 0 Å². The third-order valence-electron chi connectivity index (χ3n) is 4.59. The Labute approximate surface area is 133 Å². The zero-order valence-corrected chi connectivity index (χ0v) is 13.7. The van der Waals surface area contributed by atoms with Gasteiger partial charge in [-0.2, -0.15) is 0 Å². The van der Waals surface area contributed by atoms with Crippen LogP contribution in [0.5, 0.6) is 0 Å². The fraction of sp³-hybridized carbons (Fsp3) is 0.333. The number of halogens is 2. The largest absolute Gasteiger partial charge is 0.316 e. The second-order valence-electron chi connectivity index (χ2n) is 5.80. The molecule has 0 bridgehead atoms. The first-order valence-corrected chi connectivity index (χ1v) is 8.12. The van der Waals surface area contributed by atoms with Crippen LogP contribution in [0.4, 0.5) is 4.39 Å². The Morgan fingerprint density at radius 2 is 1.90 bits per heavy atom. The Morgan fingerprint density at radius 3 is 2.48 bits per heavy atom. The van der Waals surface area contributed by atoms with Crippen molar-refractivity contribution in [2.45, 2.75) is 30.7 Å². The molecule has 0 aromatic heterocycles. The van der Waals surface area contributed by atoms with Crippen LogP contribution in [0, 0.1) is 5.82 Å². The molecule has 0 aliphatic heterocycles. The molecule has 0 spiro atoms. The first kappa shape index (κ1) is 14.7. The van der Waals surface area contributed by atoms with Crippen molar-refractivity contribution in [1.82, 2.24) is 5.32 Å². The molecule has 21 heavy (non-hydrogen) atoms. The minimum atomic E-state index is -0.198. The molecule has 0 radical (unpaired) electrons. The third-order valence-corrected chi connectivity index (χ3v) is 5.33. The fourth-order valence-electron chi connectivity index (χ4n) is 3.22. The minimum Gasteiger partial charge on any atom is -0.316 e. The topological polar surface area (TPSA) is 12.0 Å². The maximum Gasteiger partial charge on any atom is 0.124 e. The highest BCUT2D eigenvalue weighted by Crippen LogP contribution is 2.51. The quantitative estimate of drug-likeness (QED) is 0.842. The molecule has 1 aliphatic carbocycles. The SMILES string of the molecule is CNC(Cc1ccc(F)cc1Br)C1(c2ccccc2)CC1. The van der Waals surface area contributed by atoms with Gasteiger partial charge in [-0.1, -0.05) is 52.3 Å². The predicted octanol–water partition coefficient (Wildman–Crippen LogP) is 4.45. The van der Waals surface area contributed by atoms with Gasteiger partial charge in [0, 0.05) is 15.9 Å². The molecule has 1 atom stereocenters. The highest BCUT2D eigenvalue weighted by Gasteiger charge is 2.49. The molecule has 1 saturated carbocycles. The molecule has 1 nitrogen and oxygen atoms in total. The minimum absolute atomic E-state index is 0.198. The van der Waals surface area contributed by atoms with Gasteiger partial charge >= 0.3 is 0 Å². The van der Waals surface area contributed by atoms with E-state index in [1.54, 1.807) is 6.07 Å². The Bertz CT molecular complexity index is 622. The fourth-order valence-corrected chi connectivity index (χ4v) is 3.74. The van der Waals surface area contributed by atoms with E-state index in [4.69, 9.17) is 0 Å². The molecule has 0 heterocycles. The number of benzene rings is 2. The van der Waals surface area contributed by atoms with Crippen molar-refractivity contribution >= 4 is 15.9 Å². The van der Waals surface area contributed by atoms with Gasteiger partial charge in [0.25, 0.3) is 0 Å². The standard InChI is InChI=1S/C18H19BrFN/c1-21-17(11-13-7-8-15(20)12-16(13)19)18(9-10-18)14-5-3-2-4-6-14/h2-8,12,17,21H,9-11H2,1H3. The van der Waals surface area contributed by atoms with Crippen molar-refractivity contribution in [2.24, 2.45) is 0 Å². The van der Waals surface area contributed by atoms with Crippen molar-refractivity contribution in [3.8, 4) is 0 Å². The average Bonchev–Trinajstić information content (AvgIpc) is 3.29. The summed E-state index contributed by atoms with van der Waals surface area (Å²) in [6, 6.07) is 16.0.